The van der Waals surface area contributed by atoms with Crippen LogP contribution in [0.2, 0.25) is 0 Å². The Balaban J connectivity index is 2.71. The molecule has 0 aliphatic carbocycles. The lowest BCUT2D eigenvalue weighted by molar-refractivity contribution is 0.580. The highest BCUT2D eigenvalue weighted by molar-refractivity contribution is 7.89. The average molecular weight is 337 g/mol. The monoisotopic (exact) mass is 337 g/mol. The van der Waals surface area contributed by atoms with Crippen molar-refractivity contribution < 1.29 is 16.8 Å². The molecule has 0 amide bonds. The normalized spacial score (nSPS) is 12.2. The van der Waals surface area contributed by atoms with Crippen molar-refractivity contribution in [3.63, 3.8) is 0 Å². The first kappa shape index (κ1) is 17.0. The Kier molecular flexibility index (Phi) is 5.59. The Bertz CT molecular complexity index is 698. The lowest BCUT2D eigenvalue weighted by Crippen LogP contribution is -2.32. The third kappa shape index (κ3) is 6.39. The molecule has 7 nitrogen and oxygen atoms in total. The summed E-state index contributed by atoms with van der Waals surface area (Å²) < 4.78 is 47.1. The number of hydrogen-bond acceptors (Lipinski definition) is 5. The van der Waals surface area contributed by atoms with Gasteiger partial charge < -0.3 is 5.73 Å². The maximum atomic E-state index is 11.8. The molecule has 0 aliphatic rings. The third-order valence-electron chi connectivity index (χ3n) is 2.28. The zero-order chi connectivity index (χ0) is 15.4. The fourth-order valence-electron chi connectivity index (χ4n) is 1.42. The van der Waals surface area contributed by atoms with E-state index in [1.165, 1.54) is 0 Å². The SMILES string of the molecule is NC(=S)c1cccc(CS(=O)(=O)NCCS(N)(=O)=O)c1. The van der Waals surface area contributed by atoms with Crippen molar-refractivity contribution in [3.05, 3.63) is 35.4 Å². The zero-order valence-electron chi connectivity index (χ0n) is 10.4. The lowest BCUT2D eigenvalue weighted by atomic mass is 10.1. The molecule has 0 atom stereocenters. The first-order valence-electron chi connectivity index (χ1n) is 5.46. The fraction of sp³-hybridized carbons (Fsp3) is 0.300. The van der Waals surface area contributed by atoms with Crippen LogP contribution in [0.4, 0.5) is 0 Å². The van der Waals surface area contributed by atoms with Gasteiger partial charge in [0.25, 0.3) is 0 Å². The van der Waals surface area contributed by atoms with Gasteiger partial charge in [-0.1, -0.05) is 30.4 Å². The number of primary sulfonamides is 1. The van der Waals surface area contributed by atoms with E-state index in [4.69, 9.17) is 23.1 Å². The summed E-state index contributed by atoms with van der Waals surface area (Å²) in [7, 11) is -7.35. The van der Waals surface area contributed by atoms with Gasteiger partial charge in [-0.2, -0.15) is 0 Å². The minimum Gasteiger partial charge on any atom is -0.389 e. The largest absolute Gasteiger partial charge is 0.389 e. The first-order valence-corrected chi connectivity index (χ1v) is 9.23. The van der Waals surface area contributed by atoms with Gasteiger partial charge in [-0.25, -0.2) is 26.7 Å². The maximum absolute atomic E-state index is 11.8. The number of thiocarbonyl (C=S) groups is 1. The molecule has 1 rings (SSSR count). The fourth-order valence-corrected chi connectivity index (χ4v) is 3.20. The molecule has 0 unspecified atom stereocenters. The highest BCUT2D eigenvalue weighted by Crippen LogP contribution is 2.08. The molecule has 5 N–H and O–H groups in total. The second-order valence-corrected chi connectivity index (χ2v) is 8.07. The molecule has 112 valence electrons. The van der Waals surface area contributed by atoms with Crippen LogP contribution in [-0.4, -0.2) is 34.1 Å². The summed E-state index contributed by atoms with van der Waals surface area (Å²) in [6, 6.07) is 6.50. The van der Waals surface area contributed by atoms with Crippen molar-refractivity contribution >= 4 is 37.3 Å². The van der Waals surface area contributed by atoms with Crippen molar-refractivity contribution in [2.24, 2.45) is 10.9 Å². The predicted octanol–water partition coefficient (Wildman–Crippen LogP) is -0.971. The van der Waals surface area contributed by atoms with Gasteiger partial charge in [0.2, 0.25) is 20.0 Å². The van der Waals surface area contributed by atoms with Gasteiger partial charge in [0.05, 0.1) is 11.5 Å². The smallest absolute Gasteiger partial charge is 0.215 e. The number of nitrogens with two attached hydrogens (primary N) is 2. The second-order valence-electron chi connectivity index (χ2n) is 4.09. The van der Waals surface area contributed by atoms with Crippen molar-refractivity contribution in [1.29, 1.82) is 0 Å². The van der Waals surface area contributed by atoms with Crippen molar-refractivity contribution in [1.82, 2.24) is 4.72 Å². The van der Waals surface area contributed by atoms with Crippen molar-refractivity contribution in [3.8, 4) is 0 Å². The van der Waals surface area contributed by atoms with Gasteiger partial charge in [0, 0.05) is 12.1 Å². The number of rotatable bonds is 7. The van der Waals surface area contributed by atoms with E-state index in [1.807, 2.05) is 0 Å². The summed E-state index contributed by atoms with van der Waals surface area (Å²) >= 11 is 4.81. The Labute approximate surface area is 123 Å². The molecule has 0 saturated heterocycles. The molecule has 0 bridgehead atoms. The van der Waals surface area contributed by atoms with Crippen LogP contribution < -0.4 is 15.6 Å². The zero-order valence-corrected chi connectivity index (χ0v) is 12.9. The molecular weight excluding hydrogens is 322 g/mol. The van der Waals surface area contributed by atoms with Crippen molar-refractivity contribution in [2.75, 3.05) is 12.3 Å². The molecule has 0 heterocycles. The van der Waals surface area contributed by atoms with Crippen LogP contribution in [0.15, 0.2) is 24.3 Å². The summed E-state index contributed by atoms with van der Waals surface area (Å²) in [6.45, 7) is -0.268. The van der Waals surface area contributed by atoms with Crippen LogP contribution in [0.3, 0.4) is 0 Å². The standard InChI is InChI=1S/C10H15N3O4S3/c11-10(18)9-3-1-2-8(6-9)7-20(16,17)13-4-5-19(12,14)15/h1-3,6,13H,4-5,7H2,(H2,11,18)(H2,12,14,15). The van der Waals surface area contributed by atoms with Crippen LogP contribution in [0.1, 0.15) is 11.1 Å². The Morgan fingerprint density at radius 1 is 1.25 bits per heavy atom. The third-order valence-corrected chi connectivity index (χ3v) is 4.64. The van der Waals surface area contributed by atoms with Gasteiger partial charge in [-0.15, -0.1) is 0 Å². The average Bonchev–Trinajstić information content (AvgIpc) is 2.26. The van der Waals surface area contributed by atoms with E-state index < -0.39 is 25.8 Å². The van der Waals surface area contributed by atoms with Crippen LogP contribution in [0.25, 0.3) is 0 Å². The summed E-state index contributed by atoms with van der Waals surface area (Å²) in [6.07, 6.45) is 0. The second kappa shape index (κ2) is 6.59. The molecule has 0 radical (unpaired) electrons. The number of nitrogens with one attached hydrogen (secondary N) is 1. The first-order chi connectivity index (χ1) is 9.09. The molecule has 1 aromatic rings. The van der Waals surface area contributed by atoms with Crippen LogP contribution in [-0.2, 0) is 25.8 Å². The predicted molar refractivity (Wildman–Crippen MR) is 80.9 cm³/mol. The maximum Gasteiger partial charge on any atom is 0.215 e. The number of sulfonamides is 2. The van der Waals surface area contributed by atoms with Gasteiger partial charge in [0.15, 0.2) is 0 Å². The highest BCUT2D eigenvalue weighted by Gasteiger charge is 2.13. The number of benzene rings is 1. The van der Waals surface area contributed by atoms with E-state index in [1.54, 1.807) is 24.3 Å². The molecule has 0 aromatic heterocycles. The van der Waals surface area contributed by atoms with Gasteiger partial charge in [-0.05, 0) is 11.6 Å². The Morgan fingerprint density at radius 3 is 2.45 bits per heavy atom. The molecule has 10 heteroatoms. The van der Waals surface area contributed by atoms with Gasteiger partial charge in [0.1, 0.15) is 4.99 Å². The Morgan fingerprint density at radius 2 is 1.90 bits per heavy atom. The number of hydrogen-bond donors (Lipinski definition) is 3. The summed E-state index contributed by atoms with van der Waals surface area (Å²) in [4.78, 5) is 0.173. The van der Waals surface area contributed by atoms with E-state index >= 15 is 0 Å². The summed E-state index contributed by atoms with van der Waals surface area (Å²) in [5, 5.41) is 4.78. The minimum atomic E-state index is -3.70. The molecule has 0 aliphatic heterocycles. The molecule has 0 fully saturated rings. The minimum absolute atomic E-state index is 0.173. The quantitative estimate of drug-likeness (QED) is 0.548. The molecule has 20 heavy (non-hydrogen) atoms. The molecular formula is C10H15N3O4S3. The molecule has 0 saturated carbocycles. The van der Waals surface area contributed by atoms with E-state index in [2.05, 4.69) is 4.72 Å². The van der Waals surface area contributed by atoms with Crippen LogP contribution >= 0.6 is 12.2 Å². The molecule has 1 aromatic carbocycles. The van der Waals surface area contributed by atoms with Crippen LogP contribution in [0.5, 0.6) is 0 Å². The van der Waals surface area contributed by atoms with E-state index in [0.29, 0.717) is 11.1 Å². The highest BCUT2D eigenvalue weighted by atomic mass is 32.2. The lowest BCUT2D eigenvalue weighted by Gasteiger charge is -2.07. The molecule has 0 spiro atoms. The summed E-state index contributed by atoms with van der Waals surface area (Å²) in [5.41, 5.74) is 6.53. The summed E-state index contributed by atoms with van der Waals surface area (Å²) in [5.74, 6) is -0.757. The Hall–Kier alpha value is -1.07. The topological polar surface area (TPSA) is 132 Å². The van der Waals surface area contributed by atoms with Crippen molar-refractivity contribution in [2.45, 2.75) is 5.75 Å². The van der Waals surface area contributed by atoms with Crippen LogP contribution in [0, 0.1) is 0 Å². The van der Waals surface area contributed by atoms with Gasteiger partial charge >= 0.3 is 0 Å². The van der Waals surface area contributed by atoms with E-state index in [0.717, 1.165) is 0 Å². The van der Waals surface area contributed by atoms with E-state index in [9.17, 15) is 16.8 Å². The van der Waals surface area contributed by atoms with E-state index in [-0.39, 0.29) is 17.3 Å². The van der Waals surface area contributed by atoms with Gasteiger partial charge in [-0.3, -0.25) is 0 Å².